The Kier molecular flexibility index (Phi) is 7.81. The summed E-state index contributed by atoms with van der Waals surface area (Å²) in [5.74, 6) is -0.0736. The number of anilines is 2. The fourth-order valence-electron chi connectivity index (χ4n) is 5.28. The van der Waals surface area contributed by atoms with Gasteiger partial charge in [-0.15, -0.1) is 0 Å². The van der Waals surface area contributed by atoms with Crippen LogP contribution in [0.1, 0.15) is 34.7 Å². The highest BCUT2D eigenvalue weighted by molar-refractivity contribution is 7.80. The molecule has 8 nitrogen and oxygen atoms in total. The van der Waals surface area contributed by atoms with Gasteiger partial charge in [0.15, 0.2) is 5.11 Å². The van der Waals surface area contributed by atoms with Gasteiger partial charge < -0.3 is 29.6 Å². The number of aromatic nitrogens is 2. The summed E-state index contributed by atoms with van der Waals surface area (Å²) in [7, 11) is 3.01. The van der Waals surface area contributed by atoms with E-state index in [0.29, 0.717) is 16.5 Å². The Balaban J connectivity index is 1.64. The Bertz CT molecular complexity index is 1540. The number of carbonyl (C=O) groups is 1. The van der Waals surface area contributed by atoms with Gasteiger partial charge in [-0.25, -0.2) is 4.39 Å². The van der Waals surface area contributed by atoms with Gasteiger partial charge in [0.25, 0.3) is 0 Å². The number of hydrogen-bond donors (Lipinski definition) is 2. The topological polar surface area (TPSA) is 80.7 Å². The van der Waals surface area contributed by atoms with Crippen molar-refractivity contribution in [2.45, 2.75) is 25.9 Å². The third kappa shape index (κ3) is 5.15. The standard InChI is InChI=1S/C30H30FN5O3S/c1-18-15-23(19(2)35(18)21-10-8-20(31)9-11-21)29-28(24-7-5-6-14-32-24)34-30(40)36(29)22-12-13-26(39-4)25(16-22)33-27(37)17-38-3/h5-16,28-29H,17H2,1-4H3,(H,33,37)(H,34,40). The zero-order valence-corrected chi connectivity index (χ0v) is 23.5. The van der Waals surface area contributed by atoms with E-state index in [9.17, 15) is 9.18 Å². The largest absolute Gasteiger partial charge is 0.495 e. The molecule has 2 atom stereocenters. The Morgan fingerprint density at radius 3 is 2.50 bits per heavy atom. The Morgan fingerprint density at radius 2 is 1.82 bits per heavy atom. The first-order valence-corrected chi connectivity index (χ1v) is 13.2. The third-order valence-electron chi connectivity index (χ3n) is 6.98. The van der Waals surface area contributed by atoms with Crippen LogP contribution < -0.4 is 20.3 Å². The molecule has 5 rings (SSSR count). The number of rotatable bonds is 8. The number of benzene rings is 2. The molecule has 2 aromatic heterocycles. The number of nitrogens with one attached hydrogen (secondary N) is 2. The minimum absolute atomic E-state index is 0.0865. The molecule has 2 N–H and O–H groups in total. The maximum Gasteiger partial charge on any atom is 0.250 e. The number of halogens is 1. The number of methoxy groups -OCH3 is 2. The van der Waals surface area contributed by atoms with E-state index in [1.807, 2.05) is 49.1 Å². The number of hydrogen-bond acceptors (Lipinski definition) is 5. The third-order valence-corrected chi connectivity index (χ3v) is 7.30. The van der Waals surface area contributed by atoms with E-state index in [0.717, 1.165) is 34.0 Å². The molecule has 1 aliphatic heterocycles. The molecule has 0 saturated carbocycles. The van der Waals surface area contributed by atoms with E-state index in [1.54, 1.807) is 31.5 Å². The highest BCUT2D eigenvalue weighted by Crippen LogP contribution is 2.45. The van der Waals surface area contributed by atoms with Crippen molar-refractivity contribution < 1.29 is 18.7 Å². The molecule has 1 aliphatic rings. The van der Waals surface area contributed by atoms with Crippen LogP contribution in [0.2, 0.25) is 0 Å². The molecule has 0 radical (unpaired) electrons. The zero-order chi connectivity index (χ0) is 28.4. The Morgan fingerprint density at radius 1 is 1.07 bits per heavy atom. The molecule has 1 fully saturated rings. The van der Waals surface area contributed by atoms with E-state index < -0.39 is 0 Å². The van der Waals surface area contributed by atoms with Crippen molar-refractivity contribution in [1.29, 1.82) is 0 Å². The van der Waals surface area contributed by atoms with Crippen molar-refractivity contribution in [2.24, 2.45) is 0 Å². The van der Waals surface area contributed by atoms with E-state index >= 15 is 0 Å². The molecule has 3 heterocycles. The maximum absolute atomic E-state index is 13.7. The van der Waals surface area contributed by atoms with Crippen LogP contribution in [0, 0.1) is 19.7 Å². The summed E-state index contributed by atoms with van der Waals surface area (Å²) >= 11 is 5.90. The lowest BCUT2D eigenvalue weighted by Crippen LogP contribution is -2.29. The first kappa shape index (κ1) is 27.3. The van der Waals surface area contributed by atoms with Crippen LogP contribution in [0.15, 0.2) is 72.9 Å². The summed E-state index contributed by atoms with van der Waals surface area (Å²) in [6.45, 7) is 3.99. The fourth-order valence-corrected chi connectivity index (χ4v) is 5.63. The number of aryl methyl sites for hydroxylation is 1. The van der Waals surface area contributed by atoms with Gasteiger partial charge in [-0.3, -0.25) is 9.78 Å². The summed E-state index contributed by atoms with van der Waals surface area (Å²) in [4.78, 5) is 19.0. The van der Waals surface area contributed by atoms with Crippen molar-refractivity contribution in [2.75, 3.05) is 31.0 Å². The number of nitrogens with zero attached hydrogens (tertiary/aromatic N) is 3. The van der Waals surface area contributed by atoms with Crippen LogP contribution in [0.3, 0.4) is 0 Å². The van der Waals surface area contributed by atoms with Crippen LogP contribution in [-0.2, 0) is 9.53 Å². The minimum atomic E-state index is -0.300. The van der Waals surface area contributed by atoms with Crippen molar-refractivity contribution in [3.63, 3.8) is 0 Å². The summed E-state index contributed by atoms with van der Waals surface area (Å²) in [5, 5.41) is 6.86. The summed E-state index contributed by atoms with van der Waals surface area (Å²) in [6.07, 6.45) is 1.76. The molecule has 0 spiro atoms. The van der Waals surface area contributed by atoms with Crippen LogP contribution in [0.4, 0.5) is 15.8 Å². The molecule has 1 amide bonds. The molecule has 40 heavy (non-hydrogen) atoms. The van der Waals surface area contributed by atoms with Crippen LogP contribution in [0.5, 0.6) is 5.75 Å². The molecule has 1 saturated heterocycles. The van der Waals surface area contributed by atoms with Gasteiger partial charge in [0.1, 0.15) is 18.2 Å². The molecular formula is C30H30FN5O3S. The van der Waals surface area contributed by atoms with Gasteiger partial charge >= 0.3 is 0 Å². The van der Waals surface area contributed by atoms with E-state index in [-0.39, 0.29) is 30.4 Å². The molecule has 2 unspecified atom stereocenters. The molecule has 2 aromatic carbocycles. The number of carbonyl (C=O) groups excluding carboxylic acids is 1. The first-order chi connectivity index (χ1) is 19.3. The predicted octanol–water partition coefficient (Wildman–Crippen LogP) is 5.40. The lowest BCUT2D eigenvalue weighted by atomic mass is 9.96. The molecule has 0 aliphatic carbocycles. The van der Waals surface area contributed by atoms with Crippen LogP contribution >= 0.6 is 12.2 Å². The second-order valence-electron chi connectivity index (χ2n) is 9.50. The molecule has 10 heteroatoms. The van der Waals surface area contributed by atoms with Gasteiger partial charge in [0.05, 0.1) is 30.6 Å². The molecule has 206 valence electrons. The zero-order valence-electron chi connectivity index (χ0n) is 22.6. The number of ether oxygens (including phenoxy) is 2. The normalized spacial score (nSPS) is 16.6. The van der Waals surface area contributed by atoms with Crippen LogP contribution in [0.25, 0.3) is 5.69 Å². The second kappa shape index (κ2) is 11.4. The average Bonchev–Trinajstić information content (AvgIpc) is 3.44. The Labute approximate surface area is 237 Å². The molecule has 0 bridgehead atoms. The van der Waals surface area contributed by atoms with Gasteiger partial charge in [-0.1, -0.05) is 6.07 Å². The van der Waals surface area contributed by atoms with E-state index in [2.05, 4.69) is 26.3 Å². The molecule has 4 aromatic rings. The first-order valence-electron chi connectivity index (χ1n) is 12.7. The van der Waals surface area contributed by atoms with Gasteiger partial charge in [0.2, 0.25) is 5.91 Å². The van der Waals surface area contributed by atoms with Gasteiger partial charge in [-0.2, -0.15) is 0 Å². The van der Waals surface area contributed by atoms with Gasteiger partial charge in [0, 0.05) is 36.1 Å². The fraction of sp³-hybridized carbons (Fsp3) is 0.233. The average molecular weight is 560 g/mol. The molecular weight excluding hydrogens is 529 g/mol. The number of thiocarbonyl (C=S) groups is 1. The van der Waals surface area contributed by atoms with Crippen molar-refractivity contribution in [3.05, 3.63) is 101 Å². The van der Waals surface area contributed by atoms with E-state index in [1.165, 1.54) is 19.2 Å². The number of pyridine rings is 1. The maximum atomic E-state index is 13.7. The van der Waals surface area contributed by atoms with Crippen molar-refractivity contribution in [1.82, 2.24) is 14.9 Å². The monoisotopic (exact) mass is 559 g/mol. The van der Waals surface area contributed by atoms with Crippen molar-refractivity contribution in [3.8, 4) is 11.4 Å². The summed E-state index contributed by atoms with van der Waals surface area (Å²) in [5.41, 5.74) is 6.00. The lowest BCUT2D eigenvalue weighted by molar-refractivity contribution is -0.119. The summed E-state index contributed by atoms with van der Waals surface area (Å²) in [6, 6.07) is 19.4. The van der Waals surface area contributed by atoms with Gasteiger partial charge in [-0.05, 0) is 92.3 Å². The second-order valence-corrected chi connectivity index (χ2v) is 9.89. The quantitative estimate of drug-likeness (QED) is 0.280. The van der Waals surface area contributed by atoms with E-state index in [4.69, 9.17) is 21.7 Å². The Hall–Kier alpha value is -4.28. The minimum Gasteiger partial charge on any atom is -0.495 e. The van der Waals surface area contributed by atoms with Crippen LogP contribution in [-0.4, -0.2) is 41.4 Å². The SMILES string of the molecule is COCC(=O)Nc1cc(N2C(=S)NC(c3ccccn3)C2c2cc(C)n(-c3ccc(F)cc3)c2C)ccc1OC. The lowest BCUT2D eigenvalue weighted by Gasteiger charge is -2.29. The smallest absolute Gasteiger partial charge is 0.250 e. The van der Waals surface area contributed by atoms with Crippen molar-refractivity contribution >= 4 is 34.6 Å². The highest BCUT2D eigenvalue weighted by Gasteiger charge is 2.42. The number of amides is 1. The predicted molar refractivity (Wildman–Crippen MR) is 157 cm³/mol. The summed E-state index contributed by atoms with van der Waals surface area (Å²) < 4.78 is 26.3. The highest BCUT2D eigenvalue weighted by atomic mass is 32.1.